The molecule has 0 radical (unpaired) electrons. The minimum Gasteiger partial charge on any atom is -0.349 e. The molecular weight excluding hydrogens is 280 g/mol. The van der Waals surface area contributed by atoms with E-state index >= 15 is 0 Å². The first-order chi connectivity index (χ1) is 10.5. The van der Waals surface area contributed by atoms with Crippen LogP contribution in [0, 0.1) is 0 Å². The van der Waals surface area contributed by atoms with E-state index in [-0.39, 0.29) is 24.3 Å². The lowest BCUT2D eigenvalue weighted by Crippen LogP contribution is -2.53. The summed E-state index contributed by atoms with van der Waals surface area (Å²) >= 11 is 0. The number of amides is 2. The number of nitrogens with one attached hydrogen (secondary N) is 2. The standard InChI is InChI=1S/C16H24N4O2/c1-13(21)17-15(14-6-4-3-5-7-14)12-16(22)18-20-10-8-19(2)9-11-20/h3-7,15H,8-12H2,1-2H3,(H,17,21)(H,18,22)/t15-/m0/s1. The summed E-state index contributed by atoms with van der Waals surface area (Å²) in [5.41, 5.74) is 3.87. The average Bonchev–Trinajstić information content (AvgIpc) is 2.49. The zero-order chi connectivity index (χ0) is 15.9. The van der Waals surface area contributed by atoms with E-state index in [1.54, 1.807) is 0 Å². The lowest BCUT2D eigenvalue weighted by atomic mass is 10.0. The molecule has 1 heterocycles. The van der Waals surface area contributed by atoms with E-state index in [9.17, 15) is 9.59 Å². The highest BCUT2D eigenvalue weighted by Gasteiger charge is 2.20. The molecule has 1 fully saturated rings. The van der Waals surface area contributed by atoms with Gasteiger partial charge in [0.2, 0.25) is 11.8 Å². The van der Waals surface area contributed by atoms with E-state index in [0.717, 1.165) is 31.7 Å². The Morgan fingerprint density at radius 3 is 2.36 bits per heavy atom. The van der Waals surface area contributed by atoms with Crippen molar-refractivity contribution in [2.45, 2.75) is 19.4 Å². The first-order valence-corrected chi connectivity index (χ1v) is 7.59. The number of nitrogens with zero attached hydrogens (tertiary/aromatic N) is 2. The van der Waals surface area contributed by atoms with Crippen molar-refractivity contribution in [2.75, 3.05) is 33.2 Å². The number of rotatable bonds is 5. The minimum atomic E-state index is -0.300. The Hall–Kier alpha value is -1.92. The lowest BCUT2D eigenvalue weighted by Gasteiger charge is -2.32. The molecule has 22 heavy (non-hydrogen) atoms. The Labute approximate surface area is 131 Å². The summed E-state index contributed by atoms with van der Waals surface area (Å²) in [5, 5.41) is 4.79. The monoisotopic (exact) mass is 304 g/mol. The summed E-state index contributed by atoms with van der Waals surface area (Å²) in [6.07, 6.45) is 0.232. The molecule has 120 valence electrons. The molecule has 6 heteroatoms. The van der Waals surface area contributed by atoms with Crippen molar-refractivity contribution in [3.8, 4) is 0 Å². The van der Waals surface area contributed by atoms with Crippen LogP contribution in [0.2, 0.25) is 0 Å². The van der Waals surface area contributed by atoms with Crippen LogP contribution >= 0.6 is 0 Å². The molecule has 0 aromatic heterocycles. The van der Waals surface area contributed by atoms with Crippen LogP contribution in [-0.2, 0) is 9.59 Å². The molecule has 0 bridgehead atoms. The number of likely N-dealkylation sites (N-methyl/N-ethyl adjacent to an activating group) is 1. The highest BCUT2D eigenvalue weighted by atomic mass is 16.2. The topological polar surface area (TPSA) is 64.7 Å². The number of hydrogen-bond donors (Lipinski definition) is 2. The Balaban J connectivity index is 1.92. The molecule has 2 rings (SSSR count). The Kier molecular flexibility index (Phi) is 5.91. The second kappa shape index (κ2) is 7.91. The van der Waals surface area contributed by atoms with Gasteiger partial charge in [0.15, 0.2) is 0 Å². The fraction of sp³-hybridized carbons (Fsp3) is 0.500. The van der Waals surface area contributed by atoms with Crippen molar-refractivity contribution >= 4 is 11.8 Å². The SMILES string of the molecule is CC(=O)N[C@@H](CC(=O)NN1CCN(C)CC1)c1ccccc1. The summed E-state index contributed by atoms with van der Waals surface area (Å²) in [6.45, 7) is 4.98. The van der Waals surface area contributed by atoms with Gasteiger partial charge in [-0.05, 0) is 12.6 Å². The summed E-state index contributed by atoms with van der Waals surface area (Å²) in [6, 6.07) is 9.27. The van der Waals surface area contributed by atoms with Crippen LogP contribution in [0.5, 0.6) is 0 Å². The zero-order valence-electron chi connectivity index (χ0n) is 13.2. The third-order valence-electron chi connectivity index (χ3n) is 3.76. The van der Waals surface area contributed by atoms with Crippen LogP contribution in [0.4, 0.5) is 0 Å². The summed E-state index contributed by atoms with van der Waals surface area (Å²) in [7, 11) is 2.07. The van der Waals surface area contributed by atoms with Gasteiger partial charge in [-0.25, -0.2) is 5.01 Å². The number of carbonyl (C=O) groups excluding carboxylic acids is 2. The van der Waals surface area contributed by atoms with Gasteiger partial charge in [-0.1, -0.05) is 30.3 Å². The van der Waals surface area contributed by atoms with E-state index in [1.807, 2.05) is 35.3 Å². The number of hydrogen-bond acceptors (Lipinski definition) is 4. The highest BCUT2D eigenvalue weighted by molar-refractivity contribution is 5.78. The van der Waals surface area contributed by atoms with Crippen molar-refractivity contribution < 1.29 is 9.59 Å². The largest absolute Gasteiger partial charge is 0.349 e. The highest BCUT2D eigenvalue weighted by Crippen LogP contribution is 2.16. The molecule has 2 amide bonds. The number of hydrazine groups is 1. The molecule has 1 aliphatic rings. The van der Waals surface area contributed by atoms with Crippen molar-refractivity contribution in [3.05, 3.63) is 35.9 Å². The maximum atomic E-state index is 12.2. The first-order valence-electron chi connectivity index (χ1n) is 7.59. The third kappa shape index (κ3) is 5.13. The van der Waals surface area contributed by atoms with Gasteiger partial charge in [0, 0.05) is 33.1 Å². The fourth-order valence-corrected chi connectivity index (χ4v) is 2.51. The smallest absolute Gasteiger partial charge is 0.236 e. The quantitative estimate of drug-likeness (QED) is 0.833. The Bertz CT molecular complexity index is 498. The Morgan fingerprint density at radius 2 is 1.77 bits per heavy atom. The molecule has 0 unspecified atom stereocenters. The molecule has 0 spiro atoms. The second-order valence-corrected chi connectivity index (χ2v) is 5.69. The van der Waals surface area contributed by atoms with E-state index in [1.165, 1.54) is 6.92 Å². The van der Waals surface area contributed by atoms with Crippen molar-refractivity contribution in [2.24, 2.45) is 0 Å². The van der Waals surface area contributed by atoms with Crippen LogP contribution < -0.4 is 10.7 Å². The molecule has 1 aromatic rings. The van der Waals surface area contributed by atoms with E-state index < -0.39 is 0 Å². The van der Waals surface area contributed by atoms with Gasteiger partial charge >= 0.3 is 0 Å². The molecular formula is C16H24N4O2. The maximum Gasteiger partial charge on any atom is 0.236 e. The molecule has 2 N–H and O–H groups in total. The summed E-state index contributed by atoms with van der Waals surface area (Å²) in [4.78, 5) is 25.8. The predicted octanol–water partition coefficient (Wildman–Crippen LogP) is 0.533. The van der Waals surface area contributed by atoms with Crippen LogP contribution in [0.15, 0.2) is 30.3 Å². The molecule has 0 aliphatic carbocycles. The van der Waals surface area contributed by atoms with E-state index in [0.29, 0.717) is 0 Å². The number of carbonyl (C=O) groups is 2. The molecule has 1 atom stereocenters. The third-order valence-corrected chi connectivity index (χ3v) is 3.76. The predicted molar refractivity (Wildman–Crippen MR) is 84.8 cm³/mol. The van der Waals surface area contributed by atoms with Gasteiger partial charge in [-0.2, -0.15) is 0 Å². The van der Waals surface area contributed by atoms with Gasteiger partial charge in [-0.3, -0.25) is 15.0 Å². The van der Waals surface area contributed by atoms with Crippen molar-refractivity contribution in [1.82, 2.24) is 20.7 Å². The van der Waals surface area contributed by atoms with Crippen molar-refractivity contribution in [3.63, 3.8) is 0 Å². The average molecular weight is 304 g/mol. The summed E-state index contributed by atoms with van der Waals surface area (Å²) < 4.78 is 0. The van der Waals surface area contributed by atoms with Gasteiger partial charge in [0.1, 0.15) is 0 Å². The van der Waals surface area contributed by atoms with Gasteiger partial charge in [0.05, 0.1) is 12.5 Å². The fourth-order valence-electron chi connectivity index (χ4n) is 2.51. The summed E-state index contributed by atoms with van der Waals surface area (Å²) in [5.74, 6) is -0.214. The van der Waals surface area contributed by atoms with E-state index in [4.69, 9.17) is 0 Å². The molecule has 0 saturated carbocycles. The van der Waals surface area contributed by atoms with Crippen LogP contribution in [0.25, 0.3) is 0 Å². The Morgan fingerprint density at radius 1 is 1.14 bits per heavy atom. The molecule has 1 saturated heterocycles. The maximum absolute atomic E-state index is 12.2. The molecule has 1 aromatic carbocycles. The first kappa shape index (κ1) is 16.5. The number of piperazine rings is 1. The lowest BCUT2D eigenvalue weighted by molar-refractivity contribution is -0.127. The van der Waals surface area contributed by atoms with Gasteiger partial charge < -0.3 is 10.2 Å². The molecule has 6 nitrogen and oxygen atoms in total. The van der Waals surface area contributed by atoms with Gasteiger partial charge in [-0.15, -0.1) is 0 Å². The van der Waals surface area contributed by atoms with Crippen LogP contribution in [-0.4, -0.2) is 54.9 Å². The normalized spacial score (nSPS) is 17.7. The second-order valence-electron chi connectivity index (χ2n) is 5.69. The van der Waals surface area contributed by atoms with Crippen LogP contribution in [0.1, 0.15) is 24.9 Å². The van der Waals surface area contributed by atoms with Crippen molar-refractivity contribution in [1.29, 1.82) is 0 Å². The minimum absolute atomic E-state index is 0.0767. The zero-order valence-corrected chi connectivity index (χ0v) is 13.2. The van der Waals surface area contributed by atoms with Gasteiger partial charge in [0.25, 0.3) is 0 Å². The van der Waals surface area contributed by atoms with Crippen LogP contribution in [0.3, 0.4) is 0 Å². The molecule has 1 aliphatic heterocycles. The van der Waals surface area contributed by atoms with E-state index in [2.05, 4.69) is 22.7 Å². The number of benzene rings is 1.